The van der Waals surface area contributed by atoms with Gasteiger partial charge >= 0.3 is 0 Å². The summed E-state index contributed by atoms with van der Waals surface area (Å²) in [6, 6.07) is 18.1. The lowest BCUT2D eigenvalue weighted by Gasteiger charge is -2.31. The molecule has 2 aromatic carbocycles. The summed E-state index contributed by atoms with van der Waals surface area (Å²) in [5.74, 6) is -0.902. The van der Waals surface area contributed by atoms with Gasteiger partial charge in [-0.1, -0.05) is 54.6 Å². The Bertz CT molecular complexity index is 581. The first-order valence-corrected chi connectivity index (χ1v) is 6.05. The predicted molar refractivity (Wildman–Crippen MR) is 64.4 cm³/mol. The van der Waals surface area contributed by atoms with Gasteiger partial charge in [0.15, 0.2) is 6.29 Å². The molecule has 0 N–H and O–H groups in total. The lowest BCUT2D eigenvalue weighted by Crippen LogP contribution is -2.34. The summed E-state index contributed by atoms with van der Waals surface area (Å²) >= 11 is 0. The van der Waals surface area contributed by atoms with E-state index in [4.69, 9.17) is 14.5 Å². The molecule has 2 bridgehead atoms. The number of rotatable bonds is 1. The molecule has 1 saturated heterocycles. The molecule has 2 heterocycles. The van der Waals surface area contributed by atoms with E-state index >= 15 is 0 Å². The normalized spacial score (nSPS) is 29.0. The molecule has 90 valence electrons. The van der Waals surface area contributed by atoms with Crippen LogP contribution in [0.25, 0.3) is 0 Å². The Morgan fingerprint density at radius 2 is 1.72 bits per heavy atom. The molecule has 2 aromatic rings. The molecule has 3 heteroatoms. The highest BCUT2D eigenvalue weighted by atomic mass is 17.3. The summed E-state index contributed by atoms with van der Waals surface area (Å²) in [5, 5.41) is 0. The van der Waals surface area contributed by atoms with E-state index in [-0.39, 0.29) is 6.29 Å². The first kappa shape index (κ1) is 10.3. The fourth-order valence-electron chi connectivity index (χ4n) is 2.66. The van der Waals surface area contributed by atoms with E-state index in [2.05, 4.69) is 6.07 Å². The van der Waals surface area contributed by atoms with Crippen LogP contribution in [0.15, 0.2) is 54.6 Å². The van der Waals surface area contributed by atoms with E-state index in [0.29, 0.717) is 0 Å². The fraction of sp³-hybridized carbons (Fsp3) is 0.200. The van der Waals surface area contributed by atoms with Crippen molar-refractivity contribution in [2.45, 2.75) is 18.5 Å². The van der Waals surface area contributed by atoms with Crippen molar-refractivity contribution in [2.75, 3.05) is 0 Å². The molecule has 18 heavy (non-hydrogen) atoms. The Labute approximate surface area is 105 Å². The number of hydrogen-bond acceptors (Lipinski definition) is 3. The van der Waals surface area contributed by atoms with Crippen LogP contribution in [0.2, 0.25) is 0 Å². The van der Waals surface area contributed by atoms with Gasteiger partial charge in [0.05, 0.1) is 0 Å². The molecule has 2 aliphatic heterocycles. The summed E-state index contributed by atoms with van der Waals surface area (Å²) in [6.07, 6.45) is 0.408. The van der Waals surface area contributed by atoms with Crippen LogP contribution in [-0.4, -0.2) is 6.29 Å². The van der Waals surface area contributed by atoms with Gasteiger partial charge in [0.25, 0.3) is 5.79 Å². The smallest absolute Gasteiger partial charge is 0.256 e. The van der Waals surface area contributed by atoms with E-state index in [1.807, 2.05) is 48.5 Å². The zero-order valence-electron chi connectivity index (χ0n) is 9.71. The maximum atomic E-state index is 5.95. The van der Waals surface area contributed by atoms with Crippen molar-refractivity contribution in [3.05, 3.63) is 71.3 Å². The number of hydrogen-bond donors (Lipinski definition) is 0. The highest BCUT2D eigenvalue weighted by molar-refractivity contribution is 5.41. The lowest BCUT2D eigenvalue weighted by atomic mass is 9.90. The summed E-state index contributed by atoms with van der Waals surface area (Å²) in [5.41, 5.74) is 3.21. The highest BCUT2D eigenvalue weighted by Gasteiger charge is 2.51. The average Bonchev–Trinajstić information content (AvgIpc) is 2.80. The summed E-state index contributed by atoms with van der Waals surface area (Å²) < 4.78 is 5.95. The fourth-order valence-corrected chi connectivity index (χ4v) is 2.66. The molecule has 4 rings (SSSR count). The Balaban J connectivity index is 1.95. The second-order valence-electron chi connectivity index (χ2n) is 4.57. The molecule has 0 spiro atoms. The van der Waals surface area contributed by atoms with Crippen molar-refractivity contribution in [3.8, 4) is 0 Å². The van der Waals surface area contributed by atoms with Crippen molar-refractivity contribution >= 4 is 0 Å². The van der Waals surface area contributed by atoms with Gasteiger partial charge in [-0.15, -0.1) is 0 Å². The van der Waals surface area contributed by atoms with E-state index in [1.165, 1.54) is 5.56 Å². The molecule has 0 amide bonds. The molecule has 0 aromatic heterocycles. The third kappa shape index (κ3) is 1.29. The Kier molecular flexibility index (Phi) is 2.08. The van der Waals surface area contributed by atoms with Crippen molar-refractivity contribution < 1.29 is 14.5 Å². The van der Waals surface area contributed by atoms with E-state index < -0.39 is 5.79 Å². The minimum atomic E-state index is -0.902. The van der Waals surface area contributed by atoms with Gasteiger partial charge in [-0.3, -0.25) is 0 Å². The molecule has 0 unspecified atom stereocenters. The largest absolute Gasteiger partial charge is 0.307 e. The Hall–Kier alpha value is -1.68. The standard InChI is InChI=1S/C15H12O3/c1-2-7-12(8-3-1)15-13-9-5-4-6-11(13)10-14(16-15)17-18-15/h1-9,14H,10H2/t14-,15+/m0/s1. The molecular weight excluding hydrogens is 228 g/mol. The van der Waals surface area contributed by atoms with E-state index in [1.54, 1.807) is 0 Å². The maximum absolute atomic E-state index is 5.95. The monoisotopic (exact) mass is 240 g/mol. The third-order valence-electron chi connectivity index (χ3n) is 3.48. The van der Waals surface area contributed by atoms with Gasteiger partial charge in [-0.25, -0.2) is 4.89 Å². The van der Waals surface area contributed by atoms with E-state index in [9.17, 15) is 0 Å². The minimum Gasteiger partial charge on any atom is -0.307 e. The van der Waals surface area contributed by atoms with Gasteiger partial charge in [-0.05, 0) is 5.56 Å². The van der Waals surface area contributed by atoms with Gasteiger partial charge in [0.2, 0.25) is 0 Å². The van der Waals surface area contributed by atoms with Crippen molar-refractivity contribution in [1.82, 2.24) is 0 Å². The van der Waals surface area contributed by atoms with Gasteiger partial charge in [0.1, 0.15) is 0 Å². The number of benzene rings is 2. The van der Waals surface area contributed by atoms with Crippen LogP contribution in [0.3, 0.4) is 0 Å². The van der Waals surface area contributed by atoms with Crippen LogP contribution >= 0.6 is 0 Å². The average molecular weight is 240 g/mol. The second kappa shape index (κ2) is 3.65. The van der Waals surface area contributed by atoms with Crippen molar-refractivity contribution in [1.29, 1.82) is 0 Å². The Morgan fingerprint density at radius 1 is 0.944 bits per heavy atom. The summed E-state index contributed by atoms with van der Waals surface area (Å²) in [7, 11) is 0. The SMILES string of the molecule is c1ccc([C@@]23OO[C@@H](Cc4ccccc42)O3)cc1. The molecule has 3 nitrogen and oxygen atoms in total. The zero-order chi connectivity index (χ0) is 12.0. The van der Waals surface area contributed by atoms with Crippen LogP contribution in [0.4, 0.5) is 0 Å². The summed E-state index contributed by atoms with van der Waals surface area (Å²) in [6.45, 7) is 0. The predicted octanol–water partition coefficient (Wildman–Crippen LogP) is 2.75. The van der Waals surface area contributed by atoms with Crippen molar-refractivity contribution in [3.63, 3.8) is 0 Å². The second-order valence-corrected chi connectivity index (χ2v) is 4.57. The third-order valence-corrected chi connectivity index (χ3v) is 3.48. The molecular formula is C15H12O3. The molecule has 2 atom stereocenters. The van der Waals surface area contributed by atoms with Crippen LogP contribution in [0, 0.1) is 0 Å². The molecule has 0 saturated carbocycles. The first-order chi connectivity index (χ1) is 8.88. The molecule has 2 aliphatic rings. The van der Waals surface area contributed by atoms with E-state index in [0.717, 1.165) is 17.5 Å². The maximum Gasteiger partial charge on any atom is 0.256 e. The highest BCUT2D eigenvalue weighted by Crippen LogP contribution is 2.46. The Morgan fingerprint density at radius 3 is 2.61 bits per heavy atom. The van der Waals surface area contributed by atoms with Crippen LogP contribution in [-0.2, 0) is 26.7 Å². The topological polar surface area (TPSA) is 27.7 Å². The minimum absolute atomic E-state index is 0.319. The lowest BCUT2D eigenvalue weighted by molar-refractivity contribution is -0.320. The number of fused-ring (bicyclic) bond motifs is 4. The van der Waals surface area contributed by atoms with Crippen LogP contribution in [0.1, 0.15) is 16.7 Å². The number of ether oxygens (including phenoxy) is 1. The molecule has 0 radical (unpaired) electrons. The first-order valence-electron chi connectivity index (χ1n) is 6.05. The quantitative estimate of drug-likeness (QED) is 0.717. The van der Waals surface area contributed by atoms with Gasteiger partial charge in [-0.2, -0.15) is 4.89 Å². The van der Waals surface area contributed by atoms with Crippen LogP contribution in [0.5, 0.6) is 0 Å². The molecule has 0 aliphatic carbocycles. The van der Waals surface area contributed by atoms with Crippen molar-refractivity contribution in [2.24, 2.45) is 0 Å². The summed E-state index contributed by atoms with van der Waals surface area (Å²) in [4.78, 5) is 10.8. The van der Waals surface area contributed by atoms with Gasteiger partial charge in [0, 0.05) is 17.5 Å². The van der Waals surface area contributed by atoms with Gasteiger partial charge < -0.3 is 4.74 Å². The molecule has 1 fully saturated rings. The van der Waals surface area contributed by atoms with Crippen LogP contribution < -0.4 is 0 Å². The zero-order valence-corrected chi connectivity index (χ0v) is 9.71.